The van der Waals surface area contributed by atoms with Crippen LogP contribution in [0.5, 0.6) is 5.75 Å². The number of carbonyl (C=O) groups is 1. The molecule has 1 aromatic carbocycles. The van der Waals surface area contributed by atoms with Gasteiger partial charge in [-0.3, -0.25) is 9.89 Å². The smallest absolute Gasteiger partial charge is 0.269 e. The van der Waals surface area contributed by atoms with E-state index >= 15 is 0 Å². The Morgan fingerprint density at radius 2 is 2.12 bits per heavy atom. The Morgan fingerprint density at radius 1 is 1.32 bits per heavy atom. The van der Waals surface area contributed by atoms with Crippen molar-refractivity contribution < 1.29 is 17.9 Å². The molecule has 2 aromatic rings. The minimum atomic E-state index is -3.03. The largest absolute Gasteiger partial charge is 0.496 e. The molecule has 0 spiro atoms. The number of aromatic amines is 1. The summed E-state index contributed by atoms with van der Waals surface area (Å²) >= 11 is 0. The topological polar surface area (TPSA) is 101 Å². The lowest BCUT2D eigenvalue weighted by Gasteiger charge is -2.19. The van der Waals surface area contributed by atoms with Gasteiger partial charge in [-0.1, -0.05) is 12.1 Å². The highest BCUT2D eigenvalue weighted by Crippen LogP contribution is 2.38. The number of fused-ring (bicyclic) bond motifs is 3. The molecule has 0 bridgehead atoms. The van der Waals surface area contributed by atoms with Gasteiger partial charge >= 0.3 is 0 Å². The third-order valence-corrected chi connectivity index (χ3v) is 6.66. The summed E-state index contributed by atoms with van der Waals surface area (Å²) in [5.41, 5.74) is 4.13. The van der Waals surface area contributed by atoms with Gasteiger partial charge in [0.1, 0.15) is 11.4 Å². The second-order valence-corrected chi connectivity index (χ2v) is 8.71. The molecule has 7 nitrogen and oxygen atoms in total. The Hall–Kier alpha value is -2.35. The fraction of sp³-hybridized carbons (Fsp3) is 0.412. The Morgan fingerprint density at radius 3 is 2.84 bits per heavy atom. The lowest BCUT2D eigenvalue weighted by molar-refractivity contribution is 0.0935. The summed E-state index contributed by atoms with van der Waals surface area (Å²) in [5.74, 6) is 0.678. The van der Waals surface area contributed by atoms with Crippen LogP contribution in [0.4, 0.5) is 0 Å². The molecule has 25 heavy (non-hydrogen) atoms. The van der Waals surface area contributed by atoms with Gasteiger partial charge < -0.3 is 10.1 Å². The average molecular weight is 361 g/mol. The van der Waals surface area contributed by atoms with Crippen molar-refractivity contribution in [3.63, 3.8) is 0 Å². The van der Waals surface area contributed by atoms with Gasteiger partial charge in [0.05, 0.1) is 24.3 Å². The first-order valence-electron chi connectivity index (χ1n) is 8.23. The zero-order chi connectivity index (χ0) is 17.6. The van der Waals surface area contributed by atoms with Crippen LogP contribution in [-0.4, -0.2) is 49.2 Å². The third kappa shape index (κ3) is 2.80. The predicted octanol–water partition coefficient (Wildman–Crippen LogP) is 1.10. The van der Waals surface area contributed by atoms with Crippen LogP contribution in [-0.2, 0) is 22.7 Å². The molecule has 1 aliphatic carbocycles. The maximum Gasteiger partial charge on any atom is 0.269 e. The Balaban J connectivity index is 1.62. The maximum atomic E-state index is 12.6. The van der Waals surface area contributed by atoms with Crippen molar-refractivity contribution >= 4 is 15.7 Å². The van der Waals surface area contributed by atoms with Crippen LogP contribution in [0.1, 0.15) is 28.0 Å². The minimum absolute atomic E-state index is 0.00903. The van der Waals surface area contributed by atoms with E-state index in [1.165, 1.54) is 0 Å². The van der Waals surface area contributed by atoms with Crippen molar-refractivity contribution in [3.05, 3.63) is 35.0 Å². The molecule has 1 unspecified atom stereocenters. The molecule has 1 aliphatic heterocycles. The van der Waals surface area contributed by atoms with Crippen molar-refractivity contribution in [2.45, 2.75) is 25.3 Å². The summed E-state index contributed by atoms with van der Waals surface area (Å²) in [5, 5.41) is 9.99. The molecule has 2 aliphatic rings. The molecule has 1 amide bonds. The number of benzene rings is 1. The summed E-state index contributed by atoms with van der Waals surface area (Å²) in [6.45, 7) is 0. The van der Waals surface area contributed by atoms with Crippen molar-refractivity contribution in [2.24, 2.45) is 0 Å². The normalized spacial score (nSPS) is 20.6. The summed E-state index contributed by atoms with van der Waals surface area (Å²) in [4.78, 5) is 12.6. The lowest BCUT2D eigenvalue weighted by Crippen LogP contribution is -2.36. The number of aromatic nitrogens is 2. The van der Waals surface area contributed by atoms with Gasteiger partial charge in [-0.25, -0.2) is 8.42 Å². The number of hydrogen-bond acceptors (Lipinski definition) is 5. The number of hydrogen-bond donors (Lipinski definition) is 2. The van der Waals surface area contributed by atoms with Crippen molar-refractivity contribution in [1.29, 1.82) is 0 Å². The van der Waals surface area contributed by atoms with Crippen LogP contribution >= 0.6 is 0 Å². The van der Waals surface area contributed by atoms with E-state index in [1.807, 2.05) is 18.2 Å². The quantitative estimate of drug-likeness (QED) is 0.853. The molecule has 0 saturated carbocycles. The molecule has 2 N–H and O–H groups in total. The number of nitrogens with one attached hydrogen (secondary N) is 2. The Labute approximate surface area is 145 Å². The molecule has 0 radical (unpaired) electrons. The first-order chi connectivity index (χ1) is 12.0. The molecule has 1 fully saturated rings. The summed E-state index contributed by atoms with van der Waals surface area (Å²) in [6.07, 6.45) is 1.92. The molecule has 2 heterocycles. The standard InChI is InChI=1S/C17H19N3O4S/c1-24-14-4-2-3-12-11(14)5-6-13-15(12)19-20-16(13)17(21)18-10-7-8-25(22,23)9-10/h2-4,10H,5-9H2,1H3,(H,18,21)(H,19,20). The fourth-order valence-electron chi connectivity index (χ4n) is 3.67. The molecule has 4 rings (SSSR count). The summed E-state index contributed by atoms with van der Waals surface area (Å²) in [7, 11) is -1.39. The maximum absolute atomic E-state index is 12.6. The zero-order valence-corrected chi connectivity index (χ0v) is 14.6. The number of nitrogens with zero attached hydrogens (tertiary/aromatic N) is 1. The van der Waals surface area contributed by atoms with E-state index in [-0.39, 0.29) is 23.5 Å². The highest BCUT2D eigenvalue weighted by molar-refractivity contribution is 7.91. The molecule has 1 saturated heterocycles. The first-order valence-corrected chi connectivity index (χ1v) is 10.1. The van der Waals surface area contributed by atoms with E-state index in [0.717, 1.165) is 34.6 Å². The van der Waals surface area contributed by atoms with E-state index < -0.39 is 9.84 Å². The second kappa shape index (κ2) is 5.87. The Kier molecular flexibility index (Phi) is 3.79. The number of carbonyl (C=O) groups excluding carboxylic acids is 1. The fourth-order valence-corrected chi connectivity index (χ4v) is 5.35. The Bertz CT molecular complexity index is 949. The highest BCUT2D eigenvalue weighted by Gasteiger charge is 2.31. The number of amides is 1. The van der Waals surface area contributed by atoms with E-state index in [4.69, 9.17) is 4.74 Å². The molecule has 1 atom stereocenters. The number of H-pyrrole nitrogens is 1. The number of rotatable bonds is 3. The number of methoxy groups -OCH3 is 1. The summed E-state index contributed by atoms with van der Waals surface area (Å²) in [6, 6.07) is 5.48. The zero-order valence-electron chi connectivity index (χ0n) is 13.8. The van der Waals surface area contributed by atoms with Crippen LogP contribution in [0.15, 0.2) is 18.2 Å². The molecular formula is C17H19N3O4S. The van der Waals surface area contributed by atoms with Crippen molar-refractivity contribution in [3.8, 4) is 17.0 Å². The average Bonchev–Trinajstić information content (AvgIpc) is 3.17. The number of sulfone groups is 1. The third-order valence-electron chi connectivity index (χ3n) is 4.89. The van der Waals surface area contributed by atoms with Gasteiger partial charge in [-0.15, -0.1) is 0 Å². The van der Waals surface area contributed by atoms with Crippen LogP contribution in [0.2, 0.25) is 0 Å². The van der Waals surface area contributed by atoms with Gasteiger partial charge in [0.15, 0.2) is 9.84 Å². The van der Waals surface area contributed by atoms with Gasteiger partial charge in [0.25, 0.3) is 5.91 Å². The predicted molar refractivity (Wildman–Crippen MR) is 92.5 cm³/mol. The van der Waals surface area contributed by atoms with E-state index in [2.05, 4.69) is 15.5 Å². The van der Waals surface area contributed by atoms with Crippen LogP contribution in [0.3, 0.4) is 0 Å². The number of ether oxygens (including phenoxy) is 1. The second-order valence-electron chi connectivity index (χ2n) is 6.49. The molecule has 1 aromatic heterocycles. The molecular weight excluding hydrogens is 342 g/mol. The molecule has 8 heteroatoms. The SMILES string of the molecule is COc1cccc2c1CCc1c-2n[nH]c1C(=O)NC1CCS(=O)(=O)C1. The van der Waals surface area contributed by atoms with Gasteiger partial charge in [0, 0.05) is 22.7 Å². The van der Waals surface area contributed by atoms with Crippen LogP contribution < -0.4 is 10.1 Å². The van der Waals surface area contributed by atoms with Gasteiger partial charge in [0.2, 0.25) is 0 Å². The molecule has 132 valence electrons. The van der Waals surface area contributed by atoms with Gasteiger partial charge in [-0.2, -0.15) is 5.10 Å². The summed E-state index contributed by atoms with van der Waals surface area (Å²) < 4.78 is 28.5. The van der Waals surface area contributed by atoms with E-state index in [9.17, 15) is 13.2 Å². The van der Waals surface area contributed by atoms with Crippen molar-refractivity contribution in [1.82, 2.24) is 15.5 Å². The van der Waals surface area contributed by atoms with Crippen LogP contribution in [0.25, 0.3) is 11.3 Å². The first kappa shape index (κ1) is 16.1. The van der Waals surface area contributed by atoms with E-state index in [0.29, 0.717) is 18.5 Å². The van der Waals surface area contributed by atoms with Gasteiger partial charge in [-0.05, 0) is 25.3 Å². The monoisotopic (exact) mass is 361 g/mol. The van der Waals surface area contributed by atoms with Crippen molar-refractivity contribution in [2.75, 3.05) is 18.6 Å². The van der Waals surface area contributed by atoms with Crippen LogP contribution in [0, 0.1) is 0 Å². The minimum Gasteiger partial charge on any atom is -0.496 e. The lowest BCUT2D eigenvalue weighted by atomic mass is 9.88. The highest BCUT2D eigenvalue weighted by atomic mass is 32.2. The van der Waals surface area contributed by atoms with E-state index in [1.54, 1.807) is 7.11 Å².